The Balaban J connectivity index is 1.84. The molecular formula is C15H16N2O3S2. The highest BCUT2D eigenvalue weighted by atomic mass is 32.1. The molecule has 1 N–H and O–H groups in total. The minimum Gasteiger partial charge on any atom is -0.481 e. The number of amides is 1. The van der Waals surface area contributed by atoms with Gasteiger partial charge in [0.25, 0.3) is 5.91 Å². The van der Waals surface area contributed by atoms with Gasteiger partial charge in [-0.2, -0.15) is 0 Å². The minimum atomic E-state index is -0.856. The Labute approximate surface area is 136 Å². The van der Waals surface area contributed by atoms with E-state index in [1.807, 2.05) is 24.4 Å². The van der Waals surface area contributed by atoms with Crippen molar-refractivity contribution in [2.24, 2.45) is 0 Å². The molecule has 0 saturated carbocycles. The SMILES string of the molecule is Cc1nc(-c2cccs2)sc1C(=O)N1CCCC1CC(=O)O. The smallest absolute Gasteiger partial charge is 0.305 e. The summed E-state index contributed by atoms with van der Waals surface area (Å²) in [6, 6.07) is 3.75. The van der Waals surface area contributed by atoms with E-state index in [1.54, 1.807) is 16.2 Å². The van der Waals surface area contributed by atoms with Crippen LogP contribution in [0.15, 0.2) is 17.5 Å². The first-order chi connectivity index (χ1) is 10.6. The first kappa shape index (κ1) is 15.2. The maximum Gasteiger partial charge on any atom is 0.305 e. The van der Waals surface area contributed by atoms with Crippen molar-refractivity contribution < 1.29 is 14.7 Å². The van der Waals surface area contributed by atoms with Gasteiger partial charge in [0.05, 0.1) is 17.0 Å². The summed E-state index contributed by atoms with van der Waals surface area (Å²) in [5.74, 6) is -0.938. The number of hydrogen-bond acceptors (Lipinski definition) is 5. The van der Waals surface area contributed by atoms with Gasteiger partial charge in [0, 0.05) is 12.6 Å². The predicted molar refractivity (Wildman–Crippen MR) is 86.5 cm³/mol. The van der Waals surface area contributed by atoms with E-state index in [0.29, 0.717) is 11.4 Å². The molecule has 3 heterocycles. The number of carbonyl (C=O) groups is 2. The summed E-state index contributed by atoms with van der Waals surface area (Å²) in [7, 11) is 0. The molecule has 0 radical (unpaired) electrons. The summed E-state index contributed by atoms with van der Waals surface area (Å²) in [4.78, 5) is 31.6. The molecule has 1 unspecified atom stereocenters. The molecule has 2 aromatic heterocycles. The number of rotatable bonds is 4. The fourth-order valence-electron chi connectivity index (χ4n) is 2.75. The van der Waals surface area contributed by atoms with E-state index in [1.165, 1.54) is 11.3 Å². The van der Waals surface area contributed by atoms with Crippen LogP contribution in [0.25, 0.3) is 9.88 Å². The molecule has 116 valence electrons. The number of aryl methyl sites for hydroxylation is 1. The van der Waals surface area contributed by atoms with Gasteiger partial charge in [-0.3, -0.25) is 9.59 Å². The Bertz CT molecular complexity index is 694. The standard InChI is InChI=1S/C15H16N2O3S2/c1-9-13(22-14(16-9)11-5-3-7-21-11)15(20)17-6-2-4-10(17)8-12(18)19/h3,5,7,10H,2,4,6,8H2,1H3,(H,18,19). The lowest BCUT2D eigenvalue weighted by molar-refractivity contribution is -0.137. The van der Waals surface area contributed by atoms with Crippen LogP contribution in [0.3, 0.4) is 0 Å². The number of carboxylic acid groups (broad SMARTS) is 1. The van der Waals surface area contributed by atoms with E-state index in [0.717, 1.165) is 28.4 Å². The summed E-state index contributed by atoms with van der Waals surface area (Å²) >= 11 is 2.99. The van der Waals surface area contributed by atoms with Crippen molar-refractivity contribution in [2.75, 3.05) is 6.54 Å². The molecule has 5 nitrogen and oxygen atoms in total. The molecule has 1 aliphatic rings. The zero-order chi connectivity index (χ0) is 15.7. The summed E-state index contributed by atoms with van der Waals surface area (Å²) in [5.41, 5.74) is 0.722. The topological polar surface area (TPSA) is 70.5 Å². The first-order valence-electron chi connectivity index (χ1n) is 7.10. The van der Waals surface area contributed by atoms with Gasteiger partial charge in [-0.1, -0.05) is 6.07 Å². The second-order valence-corrected chi connectivity index (χ2v) is 7.25. The Morgan fingerprint density at radius 1 is 1.50 bits per heavy atom. The number of aromatic nitrogens is 1. The van der Waals surface area contributed by atoms with Crippen molar-refractivity contribution in [1.82, 2.24) is 9.88 Å². The number of thiazole rings is 1. The molecule has 0 bridgehead atoms. The molecule has 1 fully saturated rings. The lowest BCUT2D eigenvalue weighted by Crippen LogP contribution is -2.36. The number of thiophene rings is 1. The second kappa shape index (κ2) is 6.18. The molecule has 1 aliphatic heterocycles. The number of carboxylic acids is 1. The van der Waals surface area contributed by atoms with E-state index in [9.17, 15) is 9.59 Å². The number of likely N-dealkylation sites (tertiary alicyclic amines) is 1. The second-order valence-electron chi connectivity index (χ2n) is 5.30. The van der Waals surface area contributed by atoms with E-state index >= 15 is 0 Å². The number of hydrogen-bond donors (Lipinski definition) is 1. The van der Waals surface area contributed by atoms with E-state index < -0.39 is 5.97 Å². The van der Waals surface area contributed by atoms with Gasteiger partial charge in [0.15, 0.2) is 0 Å². The Kier molecular flexibility index (Phi) is 4.26. The molecule has 1 amide bonds. The zero-order valence-corrected chi connectivity index (χ0v) is 13.7. The summed E-state index contributed by atoms with van der Waals surface area (Å²) < 4.78 is 0. The van der Waals surface area contributed by atoms with Gasteiger partial charge in [0.2, 0.25) is 0 Å². The third-order valence-corrected chi connectivity index (χ3v) is 5.96. The molecule has 2 aromatic rings. The van der Waals surface area contributed by atoms with E-state index in [-0.39, 0.29) is 18.4 Å². The third-order valence-electron chi connectivity index (χ3n) is 3.77. The normalized spacial score (nSPS) is 17.9. The van der Waals surface area contributed by atoms with Crippen molar-refractivity contribution in [2.45, 2.75) is 32.2 Å². The fraction of sp³-hybridized carbons (Fsp3) is 0.400. The van der Waals surface area contributed by atoms with Crippen LogP contribution < -0.4 is 0 Å². The van der Waals surface area contributed by atoms with Crippen LogP contribution >= 0.6 is 22.7 Å². The van der Waals surface area contributed by atoms with E-state index in [4.69, 9.17) is 5.11 Å². The molecule has 0 aliphatic carbocycles. The average molecular weight is 336 g/mol. The minimum absolute atomic E-state index is 0.0153. The monoisotopic (exact) mass is 336 g/mol. The summed E-state index contributed by atoms with van der Waals surface area (Å²) in [6.45, 7) is 2.46. The predicted octanol–water partition coefficient (Wildman–Crippen LogP) is 3.26. The molecule has 1 atom stereocenters. The average Bonchev–Trinajstić information content (AvgIpc) is 3.16. The maximum absolute atomic E-state index is 12.7. The van der Waals surface area contributed by atoms with Crippen molar-refractivity contribution in [3.05, 3.63) is 28.1 Å². The Morgan fingerprint density at radius 3 is 3.00 bits per heavy atom. The van der Waals surface area contributed by atoms with Gasteiger partial charge in [0.1, 0.15) is 9.88 Å². The highest BCUT2D eigenvalue weighted by molar-refractivity contribution is 7.22. The van der Waals surface area contributed by atoms with Gasteiger partial charge >= 0.3 is 5.97 Å². The molecule has 0 aromatic carbocycles. The van der Waals surface area contributed by atoms with Crippen LogP contribution in [0.4, 0.5) is 0 Å². The molecule has 1 saturated heterocycles. The molecule has 3 rings (SSSR count). The van der Waals surface area contributed by atoms with Crippen LogP contribution in [-0.2, 0) is 4.79 Å². The Morgan fingerprint density at radius 2 is 2.32 bits per heavy atom. The van der Waals surface area contributed by atoms with Gasteiger partial charge < -0.3 is 10.0 Å². The fourth-order valence-corrected chi connectivity index (χ4v) is 4.57. The molecule has 7 heteroatoms. The maximum atomic E-state index is 12.7. The van der Waals surface area contributed by atoms with Crippen molar-refractivity contribution >= 4 is 34.6 Å². The first-order valence-corrected chi connectivity index (χ1v) is 8.80. The third kappa shape index (κ3) is 2.91. The number of aliphatic carboxylic acids is 1. The van der Waals surface area contributed by atoms with Gasteiger partial charge in [-0.05, 0) is 31.2 Å². The Hall–Kier alpha value is -1.73. The largest absolute Gasteiger partial charge is 0.481 e. The van der Waals surface area contributed by atoms with Crippen molar-refractivity contribution in [1.29, 1.82) is 0 Å². The lowest BCUT2D eigenvalue weighted by Gasteiger charge is -2.22. The summed E-state index contributed by atoms with van der Waals surface area (Å²) in [5, 5.41) is 11.8. The highest BCUT2D eigenvalue weighted by Crippen LogP contribution is 2.33. The lowest BCUT2D eigenvalue weighted by atomic mass is 10.1. The van der Waals surface area contributed by atoms with Crippen LogP contribution in [0.5, 0.6) is 0 Å². The quantitative estimate of drug-likeness (QED) is 0.930. The summed E-state index contributed by atoms with van der Waals surface area (Å²) in [6.07, 6.45) is 1.63. The van der Waals surface area contributed by atoms with Gasteiger partial charge in [-0.25, -0.2) is 4.98 Å². The van der Waals surface area contributed by atoms with Gasteiger partial charge in [-0.15, -0.1) is 22.7 Å². The molecule has 0 spiro atoms. The van der Waals surface area contributed by atoms with Crippen LogP contribution in [-0.4, -0.2) is 39.5 Å². The highest BCUT2D eigenvalue weighted by Gasteiger charge is 2.32. The zero-order valence-electron chi connectivity index (χ0n) is 12.1. The van der Waals surface area contributed by atoms with Crippen molar-refractivity contribution in [3.63, 3.8) is 0 Å². The number of carbonyl (C=O) groups excluding carboxylic acids is 1. The van der Waals surface area contributed by atoms with Crippen LogP contribution in [0.2, 0.25) is 0 Å². The van der Waals surface area contributed by atoms with Crippen molar-refractivity contribution in [3.8, 4) is 9.88 Å². The molecule has 22 heavy (non-hydrogen) atoms. The van der Waals surface area contributed by atoms with E-state index in [2.05, 4.69) is 4.98 Å². The molecular weight excluding hydrogens is 320 g/mol. The number of nitrogens with zero attached hydrogens (tertiary/aromatic N) is 2. The van der Waals surface area contributed by atoms with Crippen LogP contribution in [0.1, 0.15) is 34.6 Å². The van der Waals surface area contributed by atoms with Crippen LogP contribution in [0, 0.1) is 6.92 Å².